The molecule has 0 radical (unpaired) electrons. The Bertz CT molecular complexity index is 573. The molecule has 2 aromatic rings. The molecule has 0 spiro atoms. The SMILES string of the molecule is COc1ccc2nc(N)n(CC3CCCOC3)c2c1. The molecule has 0 aliphatic carbocycles. The van der Waals surface area contributed by atoms with Gasteiger partial charge in [0.15, 0.2) is 0 Å². The number of methoxy groups -OCH3 is 1. The van der Waals surface area contributed by atoms with Gasteiger partial charge in [-0.25, -0.2) is 4.98 Å². The van der Waals surface area contributed by atoms with Crippen molar-refractivity contribution in [2.45, 2.75) is 19.4 Å². The van der Waals surface area contributed by atoms with Crippen LogP contribution in [0.15, 0.2) is 18.2 Å². The van der Waals surface area contributed by atoms with Gasteiger partial charge in [0, 0.05) is 25.1 Å². The van der Waals surface area contributed by atoms with Crippen molar-refractivity contribution < 1.29 is 9.47 Å². The van der Waals surface area contributed by atoms with Gasteiger partial charge in [-0.2, -0.15) is 0 Å². The van der Waals surface area contributed by atoms with Gasteiger partial charge >= 0.3 is 0 Å². The lowest BCUT2D eigenvalue weighted by Crippen LogP contribution is -2.22. The largest absolute Gasteiger partial charge is 0.497 e. The molecule has 2 heterocycles. The molecule has 1 saturated heterocycles. The first-order valence-electron chi connectivity index (χ1n) is 6.65. The lowest BCUT2D eigenvalue weighted by Gasteiger charge is -2.23. The van der Waals surface area contributed by atoms with Crippen molar-refractivity contribution >= 4 is 17.0 Å². The Labute approximate surface area is 112 Å². The average Bonchev–Trinajstić information content (AvgIpc) is 2.76. The highest BCUT2D eigenvalue weighted by Gasteiger charge is 2.17. The van der Waals surface area contributed by atoms with Crippen molar-refractivity contribution in [3.63, 3.8) is 0 Å². The first-order chi connectivity index (χ1) is 9.28. The number of hydrogen-bond donors (Lipinski definition) is 1. The molecule has 3 rings (SSSR count). The van der Waals surface area contributed by atoms with Gasteiger partial charge in [0.1, 0.15) is 5.75 Å². The topological polar surface area (TPSA) is 62.3 Å². The zero-order chi connectivity index (χ0) is 13.2. The quantitative estimate of drug-likeness (QED) is 0.918. The molecule has 0 amide bonds. The number of fused-ring (bicyclic) bond motifs is 1. The number of ether oxygens (including phenoxy) is 2. The highest BCUT2D eigenvalue weighted by molar-refractivity contribution is 5.79. The summed E-state index contributed by atoms with van der Waals surface area (Å²) < 4.78 is 12.9. The zero-order valence-electron chi connectivity index (χ0n) is 11.1. The molecule has 1 atom stereocenters. The van der Waals surface area contributed by atoms with Crippen LogP contribution >= 0.6 is 0 Å². The van der Waals surface area contributed by atoms with E-state index in [0.29, 0.717) is 11.9 Å². The number of nitrogens with zero attached hydrogens (tertiary/aromatic N) is 2. The van der Waals surface area contributed by atoms with Crippen LogP contribution < -0.4 is 10.5 Å². The van der Waals surface area contributed by atoms with Crippen LogP contribution in [-0.2, 0) is 11.3 Å². The van der Waals surface area contributed by atoms with E-state index in [1.807, 2.05) is 18.2 Å². The predicted molar refractivity (Wildman–Crippen MR) is 74.2 cm³/mol. The highest BCUT2D eigenvalue weighted by atomic mass is 16.5. The third-order valence-electron chi connectivity index (χ3n) is 3.68. The molecule has 1 fully saturated rings. The summed E-state index contributed by atoms with van der Waals surface area (Å²) in [5.74, 6) is 1.90. The van der Waals surface area contributed by atoms with Gasteiger partial charge in [-0.15, -0.1) is 0 Å². The van der Waals surface area contributed by atoms with Gasteiger partial charge in [0.2, 0.25) is 5.95 Å². The average molecular weight is 261 g/mol. The first kappa shape index (κ1) is 12.3. The molecule has 1 aromatic heterocycles. The van der Waals surface area contributed by atoms with E-state index in [9.17, 15) is 0 Å². The van der Waals surface area contributed by atoms with Crippen molar-refractivity contribution in [1.82, 2.24) is 9.55 Å². The van der Waals surface area contributed by atoms with Crippen LogP contribution in [0.5, 0.6) is 5.75 Å². The maximum atomic E-state index is 6.03. The fourth-order valence-corrected chi connectivity index (χ4v) is 2.65. The summed E-state index contributed by atoms with van der Waals surface area (Å²) in [5.41, 5.74) is 7.97. The van der Waals surface area contributed by atoms with E-state index in [0.717, 1.165) is 43.0 Å². The number of hydrogen-bond acceptors (Lipinski definition) is 4. The summed E-state index contributed by atoms with van der Waals surface area (Å²) in [6.45, 7) is 2.54. The molecule has 5 heteroatoms. The smallest absolute Gasteiger partial charge is 0.201 e. The Morgan fingerprint density at radius 1 is 1.53 bits per heavy atom. The number of nitrogens with two attached hydrogens (primary N) is 1. The molecular weight excluding hydrogens is 242 g/mol. The van der Waals surface area contributed by atoms with E-state index in [4.69, 9.17) is 15.2 Å². The summed E-state index contributed by atoms with van der Waals surface area (Å²) in [5, 5.41) is 0. The second-order valence-corrected chi connectivity index (χ2v) is 5.02. The first-order valence-corrected chi connectivity index (χ1v) is 6.65. The third kappa shape index (κ3) is 2.38. The second kappa shape index (κ2) is 5.09. The van der Waals surface area contributed by atoms with Crippen LogP contribution in [0.3, 0.4) is 0 Å². The van der Waals surface area contributed by atoms with Gasteiger partial charge in [-0.05, 0) is 25.0 Å². The summed E-state index contributed by atoms with van der Waals surface area (Å²) >= 11 is 0. The Morgan fingerprint density at radius 3 is 3.16 bits per heavy atom. The lowest BCUT2D eigenvalue weighted by atomic mass is 10.0. The maximum Gasteiger partial charge on any atom is 0.201 e. The van der Waals surface area contributed by atoms with Crippen LogP contribution in [-0.4, -0.2) is 29.9 Å². The van der Waals surface area contributed by atoms with E-state index >= 15 is 0 Å². The minimum atomic E-state index is 0.514. The summed E-state index contributed by atoms with van der Waals surface area (Å²) in [4.78, 5) is 4.40. The Balaban J connectivity index is 1.94. The van der Waals surface area contributed by atoms with Gasteiger partial charge in [0.05, 0.1) is 24.8 Å². The number of nitrogen functional groups attached to an aromatic ring is 1. The minimum absolute atomic E-state index is 0.514. The molecule has 1 aromatic carbocycles. The fourth-order valence-electron chi connectivity index (χ4n) is 2.65. The van der Waals surface area contributed by atoms with E-state index < -0.39 is 0 Å². The van der Waals surface area contributed by atoms with Crippen molar-refractivity contribution in [3.8, 4) is 5.75 Å². The van der Waals surface area contributed by atoms with Crippen LogP contribution in [0, 0.1) is 5.92 Å². The number of benzene rings is 1. The number of rotatable bonds is 3. The molecule has 1 unspecified atom stereocenters. The van der Waals surface area contributed by atoms with Crippen molar-refractivity contribution in [1.29, 1.82) is 0 Å². The molecular formula is C14H19N3O2. The lowest BCUT2D eigenvalue weighted by molar-refractivity contribution is 0.0490. The third-order valence-corrected chi connectivity index (χ3v) is 3.68. The Kier molecular flexibility index (Phi) is 3.29. The standard InChI is InChI=1S/C14H19N3O2/c1-18-11-4-5-12-13(7-11)17(14(15)16-12)8-10-3-2-6-19-9-10/h4-5,7,10H,2-3,6,8-9H2,1H3,(H2,15,16). The summed E-state index contributed by atoms with van der Waals surface area (Å²) in [7, 11) is 1.67. The predicted octanol–water partition coefficient (Wildman–Crippen LogP) is 2.05. The number of aromatic nitrogens is 2. The molecule has 0 bridgehead atoms. The van der Waals surface area contributed by atoms with Crippen LogP contribution in [0.4, 0.5) is 5.95 Å². The van der Waals surface area contributed by atoms with Crippen LogP contribution in [0.1, 0.15) is 12.8 Å². The van der Waals surface area contributed by atoms with Gasteiger partial charge in [-0.3, -0.25) is 0 Å². The van der Waals surface area contributed by atoms with Crippen molar-refractivity contribution in [3.05, 3.63) is 18.2 Å². The van der Waals surface area contributed by atoms with E-state index in [1.54, 1.807) is 7.11 Å². The van der Waals surface area contributed by atoms with E-state index in [1.165, 1.54) is 6.42 Å². The van der Waals surface area contributed by atoms with Gasteiger partial charge in [-0.1, -0.05) is 0 Å². The zero-order valence-corrected chi connectivity index (χ0v) is 11.1. The summed E-state index contributed by atoms with van der Waals surface area (Å²) in [6, 6.07) is 5.84. The highest BCUT2D eigenvalue weighted by Crippen LogP contribution is 2.25. The van der Waals surface area contributed by atoms with Crippen molar-refractivity contribution in [2.24, 2.45) is 5.92 Å². The van der Waals surface area contributed by atoms with Crippen LogP contribution in [0.2, 0.25) is 0 Å². The fraction of sp³-hybridized carbons (Fsp3) is 0.500. The van der Waals surface area contributed by atoms with Gasteiger partial charge < -0.3 is 19.8 Å². The number of imidazole rings is 1. The molecule has 1 aliphatic rings. The monoisotopic (exact) mass is 261 g/mol. The molecule has 102 valence electrons. The maximum absolute atomic E-state index is 6.03. The van der Waals surface area contributed by atoms with Crippen LogP contribution in [0.25, 0.3) is 11.0 Å². The van der Waals surface area contributed by atoms with E-state index in [2.05, 4.69) is 9.55 Å². The Morgan fingerprint density at radius 2 is 2.42 bits per heavy atom. The molecule has 19 heavy (non-hydrogen) atoms. The second-order valence-electron chi connectivity index (χ2n) is 5.02. The van der Waals surface area contributed by atoms with Gasteiger partial charge in [0.25, 0.3) is 0 Å². The van der Waals surface area contributed by atoms with Crippen molar-refractivity contribution in [2.75, 3.05) is 26.1 Å². The molecule has 5 nitrogen and oxygen atoms in total. The molecule has 2 N–H and O–H groups in total. The molecule has 1 aliphatic heterocycles. The van der Waals surface area contributed by atoms with E-state index in [-0.39, 0.29) is 0 Å². The Hall–Kier alpha value is -1.75. The summed E-state index contributed by atoms with van der Waals surface area (Å²) in [6.07, 6.45) is 2.31. The molecule has 0 saturated carbocycles. The number of anilines is 1. The minimum Gasteiger partial charge on any atom is -0.497 e. The normalized spacial score (nSPS) is 19.7.